The molecule has 2 N–H and O–H groups in total. The molecule has 2 aliphatic rings. The molecule has 0 radical (unpaired) electrons. The van der Waals surface area contributed by atoms with Crippen LogP contribution in [0.2, 0.25) is 0 Å². The summed E-state index contributed by atoms with van der Waals surface area (Å²) in [5, 5.41) is 13.6. The lowest BCUT2D eigenvalue weighted by atomic mass is 9.84. The van der Waals surface area contributed by atoms with E-state index in [4.69, 9.17) is 4.74 Å². The normalized spacial score (nSPS) is 31.4. The quantitative estimate of drug-likeness (QED) is 0.755. The van der Waals surface area contributed by atoms with Gasteiger partial charge in [0.05, 0.1) is 6.61 Å². The second kappa shape index (κ2) is 7.91. The Kier molecular flexibility index (Phi) is 6.48. The Labute approximate surface area is 130 Å². The van der Waals surface area contributed by atoms with Gasteiger partial charge in [-0.2, -0.15) is 0 Å². The van der Waals surface area contributed by atoms with E-state index in [1.54, 1.807) is 0 Å². The van der Waals surface area contributed by atoms with Crippen LogP contribution in [0.5, 0.6) is 0 Å². The first kappa shape index (κ1) is 17.2. The molecule has 2 rings (SSSR count). The topological polar surface area (TPSA) is 44.7 Å². The summed E-state index contributed by atoms with van der Waals surface area (Å²) in [4.78, 5) is 2.51. The van der Waals surface area contributed by atoms with Gasteiger partial charge in [-0.1, -0.05) is 20.3 Å². The van der Waals surface area contributed by atoms with Crippen molar-refractivity contribution >= 4 is 0 Å². The molecule has 0 aromatic heterocycles. The molecular weight excluding hydrogens is 264 g/mol. The fourth-order valence-corrected chi connectivity index (χ4v) is 4.25. The molecule has 0 bridgehead atoms. The van der Waals surface area contributed by atoms with Gasteiger partial charge >= 0.3 is 0 Å². The zero-order valence-corrected chi connectivity index (χ0v) is 14.1. The monoisotopic (exact) mass is 298 g/mol. The van der Waals surface area contributed by atoms with Crippen molar-refractivity contribution in [1.82, 2.24) is 10.2 Å². The van der Waals surface area contributed by atoms with Gasteiger partial charge in [-0.25, -0.2) is 0 Å². The molecule has 2 atom stereocenters. The second-order valence-corrected chi connectivity index (χ2v) is 7.32. The van der Waals surface area contributed by atoms with E-state index in [2.05, 4.69) is 31.1 Å². The molecule has 1 aliphatic heterocycles. The summed E-state index contributed by atoms with van der Waals surface area (Å²) in [6.45, 7) is 7.59. The molecule has 0 amide bonds. The summed E-state index contributed by atoms with van der Waals surface area (Å²) < 4.78 is 5.45. The summed E-state index contributed by atoms with van der Waals surface area (Å²) >= 11 is 0. The van der Waals surface area contributed by atoms with Crippen molar-refractivity contribution in [2.45, 2.75) is 70.0 Å². The van der Waals surface area contributed by atoms with E-state index < -0.39 is 0 Å². The number of rotatable bonds is 7. The van der Waals surface area contributed by atoms with Crippen LogP contribution in [0.25, 0.3) is 0 Å². The van der Waals surface area contributed by atoms with Crippen LogP contribution in [0.1, 0.15) is 52.4 Å². The maximum atomic E-state index is 9.96. The molecule has 0 aromatic rings. The number of nitrogens with one attached hydrogen (secondary N) is 1. The molecule has 0 aromatic carbocycles. The van der Waals surface area contributed by atoms with E-state index in [0.29, 0.717) is 18.0 Å². The van der Waals surface area contributed by atoms with Crippen LogP contribution in [-0.2, 0) is 4.74 Å². The molecule has 2 unspecified atom stereocenters. The lowest BCUT2D eigenvalue weighted by Crippen LogP contribution is -2.54. The van der Waals surface area contributed by atoms with Gasteiger partial charge in [0.2, 0.25) is 0 Å². The van der Waals surface area contributed by atoms with Gasteiger partial charge in [-0.15, -0.1) is 0 Å². The predicted octanol–water partition coefficient (Wildman–Crippen LogP) is 2.02. The van der Waals surface area contributed by atoms with Crippen molar-refractivity contribution in [3.63, 3.8) is 0 Å². The summed E-state index contributed by atoms with van der Waals surface area (Å²) in [5.41, 5.74) is -0.0370. The minimum absolute atomic E-state index is 0.0370. The number of aliphatic hydroxyl groups is 1. The van der Waals surface area contributed by atoms with Crippen molar-refractivity contribution in [2.75, 3.05) is 33.4 Å². The van der Waals surface area contributed by atoms with Crippen LogP contribution in [-0.4, -0.2) is 61.0 Å². The van der Waals surface area contributed by atoms with Gasteiger partial charge < -0.3 is 20.1 Å². The minimum Gasteiger partial charge on any atom is -0.394 e. The Hall–Kier alpha value is -0.160. The standard InChI is InChI=1S/C17H34N2O2/c1-14(2)18-17(13-20)9-4-5-15(17)6-10-19(3)16-7-11-21-12-8-16/h14-16,18,20H,4-13H2,1-3H3. The zero-order chi connectivity index (χ0) is 15.3. The lowest BCUT2D eigenvalue weighted by Gasteiger charge is -2.38. The fourth-order valence-electron chi connectivity index (χ4n) is 4.25. The summed E-state index contributed by atoms with van der Waals surface area (Å²) in [7, 11) is 2.25. The SMILES string of the molecule is CC(C)NC1(CO)CCCC1CCN(C)C1CCOCC1. The Morgan fingerprint density at radius 3 is 2.62 bits per heavy atom. The van der Waals surface area contributed by atoms with Gasteiger partial charge in [-0.3, -0.25) is 0 Å². The number of hydrogen-bond donors (Lipinski definition) is 2. The maximum absolute atomic E-state index is 9.96. The van der Waals surface area contributed by atoms with Gasteiger partial charge in [0.1, 0.15) is 0 Å². The van der Waals surface area contributed by atoms with Crippen LogP contribution in [0, 0.1) is 5.92 Å². The molecule has 0 spiro atoms. The van der Waals surface area contributed by atoms with E-state index in [0.717, 1.165) is 39.0 Å². The van der Waals surface area contributed by atoms with Gasteiger partial charge in [0.25, 0.3) is 0 Å². The van der Waals surface area contributed by atoms with Crippen molar-refractivity contribution in [3.05, 3.63) is 0 Å². The highest BCUT2D eigenvalue weighted by Gasteiger charge is 2.42. The van der Waals surface area contributed by atoms with E-state index in [-0.39, 0.29) is 12.1 Å². The Balaban J connectivity index is 1.85. The Bertz CT molecular complexity index is 305. The van der Waals surface area contributed by atoms with Crippen molar-refractivity contribution in [2.24, 2.45) is 5.92 Å². The molecule has 4 heteroatoms. The molecule has 1 heterocycles. The largest absolute Gasteiger partial charge is 0.394 e. The maximum Gasteiger partial charge on any atom is 0.0616 e. The molecule has 1 saturated heterocycles. The highest BCUT2D eigenvalue weighted by molar-refractivity contribution is 5.00. The predicted molar refractivity (Wildman–Crippen MR) is 86.5 cm³/mol. The summed E-state index contributed by atoms with van der Waals surface area (Å²) in [5.74, 6) is 0.604. The van der Waals surface area contributed by atoms with Crippen LogP contribution in [0.3, 0.4) is 0 Å². The van der Waals surface area contributed by atoms with Crippen molar-refractivity contribution < 1.29 is 9.84 Å². The molecule has 4 nitrogen and oxygen atoms in total. The van der Waals surface area contributed by atoms with Crippen LogP contribution < -0.4 is 5.32 Å². The first-order valence-corrected chi connectivity index (χ1v) is 8.74. The van der Waals surface area contributed by atoms with Crippen LogP contribution in [0.15, 0.2) is 0 Å². The van der Waals surface area contributed by atoms with Crippen molar-refractivity contribution in [3.8, 4) is 0 Å². The highest BCUT2D eigenvalue weighted by atomic mass is 16.5. The molecule has 124 valence electrons. The smallest absolute Gasteiger partial charge is 0.0616 e. The number of nitrogens with zero attached hydrogens (tertiary/aromatic N) is 1. The highest BCUT2D eigenvalue weighted by Crippen LogP contribution is 2.38. The first-order valence-electron chi connectivity index (χ1n) is 8.74. The molecule has 1 saturated carbocycles. The zero-order valence-electron chi connectivity index (χ0n) is 14.1. The average molecular weight is 298 g/mol. The molecule has 1 aliphatic carbocycles. The van der Waals surface area contributed by atoms with E-state index >= 15 is 0 Å². The minimum atomic E-state index is -0.0370. The number of aliphatic hydroxyl groups excluding tert-OH is 1. The Morgan fingerprint density at radius 1 is 1.29 bits per heavy atom. The Morgan fingerprint density at radius 2 is 2.00 bits per heavy atom. The van der Waals surface area contributed by atoms with Crippen LogP contribution in [0.4, 0.5) is 0 Å². The van der Waals surface area contributed by atoms with Crippen LogP contribution >= 0.6 is 0 Å². The summed E-state index contributed by atoms with van der Waals surface area (Å²) in [6.07, 6.45) is 7.13. The third-order valence-corrected chi connectivity index (χ3v) is 5.46. The van der Waals surface area contributed by atoms with Gasteiger partial charge in [0.15, 0.2) is 0 Å². The van der Waals surface area contributed by atoms with E-state index in [1.807, 2.05) is 0 Å². The molecule has 21 heavy (non-hydrogen) atoms. The lowest BCUT2D eigenvalue weighted by molar-refractivity contribution is 0.0379. The average Bonchev–Trinajstić information content (AvgIpc) is 2.88. The third kappa shape index (κ3) is 4.41. The number of ether oxygens (including phenoxy) is 1. The van der Waals surface area contributed by atoms with Gasteiger partial charge in [-0.05, 0) is 51.6 Å². The van der Waals surface area contributed by atoms with Gasteiger partial charge in [0, 0.05) is 30.8 Å². The van der Waals surface area contributed by atoms with Crippen molar-refractivity contribution in [1.29, 1.82) is 0 Å². The van der Waals surface area contributed by atoms with E-state index in [9.17, 15) is 5.11 Å². The molecular formula is C17H34N2O2. The molecule has 2 fully saturated rings. The second-order valence-electron chi connectivity index (χ2n) is 7.32. The third-order valence-electron chi connectivity index (χ3n) is 5.46. The first-order chi connectivity index (χ1) is 10.1. The fraction of sp³-hybridized carbons (Fsp3) is 1.00. The number of hydrogen-bond acceptors (Lipinski definition) is 4. The summed E-state index contributed by atoms with van der Waals surface area (Å²) in [6, 6.07) is 1.12. The van der Waals surface area contributed by atoms with E-state index in [1.165, 1.54) is 19.3 Å².